The third-order valence-corrected chi connectivity index (χ3v) is 5.30. The van der Waals surface area contributed by atoms with E-state index in [1.165, 1.54) is 0 Å². The Morgan fingerprint density at radius 2 is 1.61 bits per heavy atom. The number of amides is 3. The minimum Gasteiger partial charge on any atom is -0.445 e. The van der Waals surface area contributed by atoms with E-state index in [0.717, 1.165) is 5.56 Å². The van der Waals surface area contributed by atoms with Gasteiger partial charge in [-0.1, -0.05) is 60.7 Å². The molecule has 1 aromatic heterocycles. The SMILES string of the molecule is Nc1cc(C(F)(F)F)c(Br)nc1C(=O)NNC(=O)[C@H](NC(=O)OCc1ccccc1)c1ccccc1. The molecule has 0 aliphatic carbocycles. The topological polar surface area (TPSA) is 135 Å². The zero-order chi connectivity index (χ0) is 26.3. The number of hydrazine groups is 1. The summed E-state index contributed by atoms with van der Waals surface area (Å²) in [5, 5.41) is 2.41. The van der Waals surface area contributed by atoms with Crippen LogP contribution >= 0.6 is 15.9 Å². The van der Waals surface area contributed by atoms with Crippen LogP contribution in [0.5, 0.6) is 0 Å². The Bertz CT molecular complexity index is 1240. The Labute approximate surface area is 211 Å². The first-order valence-corrected chi connectivity index (χ1v) is 11.0. The molecule has 0 radical (unpaired) electrons. The predicted octanol–water partition coefficient (Wildman–Crippen LogP) is 3.87. The lowest BCUT2D eigenvalue weighted by Crippen LogP contribution is -2.48. The smallest absolute Gasteiger partial charge is 0.419 e. The average Bonchev–Trinajstić information content (AvgIpc) is 2.86. The Kier molecular flexibility index (Phi) is 8.48. The Hall–Kier alpha value is -4.13. The summed E-state index contributed by atoms with van der Waals surface area (Å²) in [5.41, 5.74) is 8.53. The third kappa shape index (κ3) is 6.95. The molecule has 2 aromatic carbocycles. The molecular weight excluding hydrogens is 547 g/mol. The van der Waals surface area contributed by atoms with Gasteiger partial charge >= 0.3 is 12.3 Å². The second-order valence-electron chi connectivity index (χ2n) is 7.26. The maximum atomic E-state index is 13.0. The number of nitrogens with zero attached hydrogens (tertiary/aromatic N) is 1. The fourth-order valence-electron chi connectivity index (χ4n) is 2.97. The van der Waals surface area contributed by atoms with E-state index in [2.05, 4.69) is 31.7 Å². The molecule has 1 atom stereocenters. The number of anilines is 1. The van der Waals surface area contributed by atoms with Crippen molar-refractivity contribution in [3.63, 3.8) is 0 Å². The molecule has 0 saturated heterocycles. The number of carbonyl (C=O) groups excluding carboxylic acids is 3. The molecule has 188 valence electrons. The molecule has 3 amide bonds. The first-order chi connectivity index (χ1) is 17.1. The number of nitrogens with two attached hydrogens (primary N) is 1. The van der Waals surface area contributed by atoms with Crippen molar-refractivity contribution >= 4 is 39.5 Å². The quantitative estimate of drug-likeness (QED) is 0.264. The molecule has 0 unspecified atom stereocenters. The minimum atomic E-state index is -4.74. The highest BCUT2D eigenvalue weighted by molar-refractivity contribution is 9.10. The zero-order valence-corrected chi connectivity index (χ0v) is 19.9. The maximum Gasteiger partial charge on any atom is 0.419 e. The molecule has 5 N–H and O–H groups in total. The van der Waals surface area contributed by atoms with Crippen LogP contribution in [0.4, 0.5) is 23.7 Å². The van der Waals surface area contributed by atoms with Gasteiger partial charge in [0.1, 0.15) is 17.3 Å². The van der Waals surface area contributed by atoms with Gasteiger partial charge in [0.05, 0.1) is 11.3 Å². The van der Waals surface area contributed by atoms with E-state index in [1.807, 2.05) is 5.43 Å². The van der Waals surface area contributed by atoms with E-state index in [0.29, 0.717) is 11.6 Å². The first-order valence-electron chi connectivity index (χ1n) is 10.2. The van der Waals surface area contributed by atoms with Crippen molar-refractivity contribution < 1.29 is 32.3 Å². The minimum absolute atomic E-state index is 0.0414. The molecular formula is C23H19BrF3N5O4. The number of alkyl halides is 3. The molecule has 0 spiro atoms. The number of hydrogen-bond donors (Lipinski definition) is 4. The van der Waals surface area contributed by atoms with Gasteiger partial charge < -0.3 is 15.8 Å². The van der Waals surface area contributed by atoms with Crippen LogP contribution in [0.3, 0.4) is 0 Å². The first kappa shape index (κ1) is 26.5. The normalized spacial score (nSPS) is 11.8. The second-order valence-corrected chi connectivity index (χ2v) is 8.01. The van der Waals surface area contributed by atoms with Gasteiger partial charge in [-0.3, -0.25) is 20.4 Å². The van der Waals surface area contributed by atoms with Gasteiger partial charge in [-0.25, -0.2) is 9.78 Å². The lowest BCUT2D eigenvalue weighted by molar-refractivity contribution is -0.138. The third-order valence-electron chi connectivity index (χ3n) is 4.70. The van der Waals surface area contributed by atoms with Crippen LogP contribution in [0.15, 0.2) is 71.3 Å². The predicted molar refractivity (Wildman–Crippen MR) is 126 cm³/mol. The summed E-state index contributed by atoms with van der Waals surface area (Å²) in [5.74, 6) is -1.94. The van der Waals surface area contributed by atoms with Crippen molar-refractivity contribution in [1.29, 1.82) is 0 Å². The van der Waals surface area contributed by atoms with Gasteiger partial charge in [-0.05, 0) is 33.1 Å². The largest absolute Gasteiger partial charge is 0.445 e. The summed E-state index contributed by atoms with van der Waals surface area (Å²) < 4.78 is 43.5. The fourth-order valence-corrected chi connectivity index (χ4v) is 3.48. The summed E-state index contributed by atoms with van der Waals surface area (Å²) in [6.45, 7) is -0.0414. The molecule has 0 bridgehead atoms. The molecule has 36 heavy (non-hydrogen) atoms. The van der Waals surface area contributed by atoms with Gasteiger partial charge in [0.15, 0.2) is 5.69 Å². The Morgan fingerprint density at radius 3 is 2.22 bits per heavy atom. The van der Waals surface area contributed by atoms with Gasteiger partial charge in [0, 0.05) is 0 Å². The van der Waals surface area contributed by atoms with Crippen molar-refractivity contribution in [2.75, 3.05) is 5.73 Å². The highest BCUT2D eigenvalue weighted by Crippen LogP contribution is 2.35. The molecule has 3 aromatic rings. The zero-order valence-electron chi connectivity index (χ0n) is 18.3. The molecule has 0 aliphatic rings. The van der Waals surface area contributed by atoms with Crippen LogP contribution in [-0.2, 0) is 22.3 Å². The fraction of sp³-hybridized carbons (Fsp3) is 0.130. The number of alkyl carbamates (subject to hydrolysis) is 1. The number of hydrogen-bond acceptors (Lipinski definition) is 6. The molecule has 0 aliphatic heterocycles. The number of aromatic nitrogens is 1. The highest BCUT2D eigenvalue weighted by atomic mass is 79.9. The van der Waals surface area contributed by atoms with E-state index in [9.17, 15) is 27.6 Å². The molecule has 13 heteroatoms. The Morgan fingerprint density at radius 1 is 1.00 bits per heavy atom. The summed E-state index contributed by atoms with van der Waals surface area (Å²) in [6, 6.07) is 16.2. The van der Waals surface area contributed by atoms with Crippen molar-refractivity contribution in [2.45, 2.75) is 18.8 Å². The number of carbonyl (C=O) groups is 3. The van der Waals surface area contributed by atoms with Crippen LogP contribution in [0.2, 0.25) is 0 Å². The molecule has 0 fully saturated rings. The summed E-state index contributed by atoms with van der Waals surface area (Å²) >= 11 is 2.66. The second kappa shape index (κ2) is 11.5. The maximum absolute atomic E-state index is 13.0. The summed E-state index contributed by atoms with van der Waals surface area (Å²) in [4.78, 5) is 41.1. The van der Waals surface area contributed by atoms with E-state index >= 15 is 0 Å². The monoisotopic (exact) mass is 565 g/mol. The van der Waals surface area contributed by atoms with Gasteiger partial charge in [0.2, 0.25) is 0 Å². The Balaban J connectivity index is 1.69. The van der Waals surface area contributed by atoms with E-state index < -0.39 is 51.7 Å². The van der Waals surface area contributed by atoms with Crippen molar-refractivity contribution in [3.8, 4) is 0 Å². The number of ether oxygens (including phenoxy) is 1. The number of benzene rings is 2. The van der Waals surface area contributed by atoms with Crippen LogP contribution in [0.25, 0.3) is 0 Å². The highest BCUT2D eigenvalue weighted by Gasteiger charge is 2.35. The van der Waals surface area contributed by atoms with Crippen LogP contribution in [-0.4, -0.2) is 22.9 Å². The molecule has 0 saturated carbocycles. The number of nitrogen functional groups attached to an aromatic ring is 1. The lowest BCUT2D eigenvalue weighted by Gasteiger charge is -2.19. The van der Waals surface area contributed by atoms with Crippen molar-refractivity contribution in [2.24, 2.45) is 0 Å². The number of rotatable bonds is 6. The number of halogens is 4. The number of nitrogens with one attached hydrogen (secondary N) is 3. The van der Waals surface area contributed by atoms with Gasteiger partial charge in [0.25, 0.3) is 11.8 Å². The van der Waals surface area contributed by atoms with Crippen LogP contribution in [0, 0.1) is 0 Å². The lowest BCUT2D eigenvalue weighted by atomic mass is 10.1. The molecule has 9 nitrogen and oxygen atoms in total. The number of pyridine rings is 1. The summed E-state index contributed by atoms with van der Waals surface area (Å²) in [7, 11) is 0. The average molecular weight is 566 g/mol. The molecule has 3 rings (SSSR count). The van der Waals surface area contributed by atoms with Crippen molar-refractivity contribution in [1.82, 2.24) is 21.2 Å². The van der Waals surface area contributed by atoms with Gasteiger partial charge in [-0.15, -0.1) is 0 Å². The molecule has 1 heterocycles. The van der Waals surface area contributed by atoms with E-state index in [1.54, 1.807) is 60.7 Å². The van der Waals surface area contributed by atoms with E-state index in [-0.39, 0.29) is 6.61 Å². The van der Waals surface area contributed by atoms with E-state index in [4.69, 9.17) is 10.5 Å². The van der Waals surface area contributed by atoms with Gasteiger partial charge in [-0.2, -0.15) is 13.2 Å². The standard InChI is InChI=1S/C23H19BrF3N5O4/c24-19-15(23(25,26)27)11-16(28)18(29-19)21(34)32-31-20(33)17(14-9-5-2-6-10-14)30-22(35)36-12-13-7-3-1-4-8-13/h1-11,17H,12,28H2,(H,30,35)(H,31,33)(H,32,34)/t17-/m1/s1. The van der Waals surface area contributed by atoms with Crippen LogP contribution in [0.1, 0.15) is 33.2 Å². The van der Waals surface area contributed by atoms with Crippen LogP contribution < -0.4 is 21.9 Å². The summed E-state index contributed by atoms with van der Waals surface area (Å²) in [6.07, 6.45) is -5.64. The van der Waals surface area contributed by atoms with Crippen molar-refractivity contribution in [3.05, 3.63) is 93.7 Å².